The number of hydrogen-bond donors (Lipinski definition) is 1. The lowest BCUT2D eigenvalue weighted by atomic mass is 10.1. The largest absolute Gasteiger partial charge is 0.472 e. The molecule has 1 N–H and O–H groups in total. The summed E-state index contributed by atoms with van der Waals surface area (Å²) in [7, 11) is 0. The summed E-state index contributed by atoms with van der Waals surface area (Å²) in [6.07, 6.45) is 10.5. The Bertz CT molecular complexity index is 1120. The third-order valence-corrected chi connectivity index (χ3v) is 7.57. The van der Waals surface area contributed by atoms with Gasteiger partial charge in [-0.3, -0.25) is 4.79 Å². The maximum Gasteiger partial charge on any atom is 0.253 e. The van der Waals surface area contributed by atoms with Crippen LogP contribution in [0, 0.1) is 11.8 Å². The molecule has 0 bridgehead atoms. The number of carbonyl (C=O) groups excluding carboxylic acids is 1. The first-order chi connectivity index (χ1) is 18.4. The van der Waals surface area contributed by atoms with Crippen molar-refractivity contribution < 1.29 is 9.21 Å². The Morgan fingerprint density at radius 1 is 1.03 bits per heavy atom. The Morgan fingerprint density at radius 2 is 1.76 bits per heavy atom. The zero-order valence-electron chi connectivity index (χ0n) is 23.9. The molecular weight excluding hydrogens is 474 g/mol. The van der Waals surface area contributed by atoms with Gasteiger partial charge in [0.1, 0.15) is 0 Å². The third-order valence-electron chi connectivity index (χ3n) is 7.57. The van der Waals surface area contributed by atoms with Crippen molar-refractivity contribution in [3.05, 3.63) is 47.9 Å². The van der Waals surface area contributed by atoms with Gasteiger partial charge in [0, 0.05) is 37.3 Å². The summed E-state index contributed by atoms with van der Waals surface area (Å²) in [5.74, 6) is 2.11. The maximum atomic E-state index is 13.7. The zero-order valence-corrected chi connectivity index (χ0v) is 23.9. The lowest BCUT2D eigenvalue weighted by Crippen LogP contribution is -2.34. The van der Waals surface area contributed by atoms with Gasteiger partial charge in [-0.25, -0.2) is 4.98 Å². The number of aryl methyl sites for hydroxylation is 1. The molecule has 1 amide bonds. The fourth-order valence-corrected chi connectivity index (χ4v) is 5.15. The molecule has 0 spiro atoms. The summed E-state index contributed by atoms with van der Waals surface area (Å²) in [5, 5.41) is 3.51. The number of nitrogens with zero attached hydrogens (tertiary/aromatic N) is 4. The molecular formula is C31H47N5O2. The second-order valence-electron chi connectivity index (χ2n) is 11.7. The number of fused-ring (bicyclic) bond motifs is 1. The smallest absolute Gasteiger partial charge is 0.253 e. The number of rotatable bonds is 14. The second kappa shape index (κ2) is 13.8. The number of likely N-dealkylation sites (tertiary alicyclic amines) is 1. The van der Waals surface area contributed by atoms with Crippen LogP contribution in [0.25, 0.3) is 11.0 Å². The second-order valence-corrected chi connectivity index (χ2v) is 11.7. The zero-order chi connectivity index (χ0) is 26.9. The molecule has 0 aliphatic carbocycles. The van der Waals surface area contributed by atoms with Crippen LogP contribution in [0.3, 0.4) is 0 Å². The van der Waals surface area contributed by atoms with Crippen LogP contribution < -0.4 is 5.32 Å². The molecule has 208 valence electrons. The van der Waals surface area contributed by atoms with E-state index in [9.17, 15) is 4.79 Å². The van der Waals surface area contributed by atoms with Gasteiger partial charge >= 0.3 is 0 Å². The van der Waals surface area contributed by atoms with E-state index in [1.165, 1.54) is 32.4 Å². The highest BCUT2D eigenvalue weighted by Crippen LogP contribution is 2.24. The lowest BCUT2D eigenvalue weighted by Gasteiger charge is -2.26. The highest BCUT2D eigenvalue weighted by molar-refractivity contribution is 5.97. The van der Waals surface area contributed by atoms with Crippen LogP contribution in [0.2, 0.25) is 0 Å². The molecule has 1 aliphatic rings. The van der Waals surface area contributed by atoms with Gasteiger partial charge < -0.3 is 24.1 Å². The molecule has 0 saturated carbocycles. The number of nitrogens with one attached hydrogen (secondary N) is 1. The van der Waals surface area contributed by atoms with Crippen molar-refractivity contribution in [1.29, 1.82) is 0 Å². The van der Waals surface area contributed by atoms with E-state index in [-0.39, 0.29) is 5.91 Å². The van der Waals surface area contributed by atoms with Gasteiger partial charge in [-0.1, -0.05) is 34.1 Å². The Morgan fingerprint density at radius 3 is 2.42 bits per heavy atom. The van der Waals surface area contributed by atoms with Crippen LogP contribution in [0.4, 0.5) is 5.95 Å². The minimum Gasteiger partial charge on any atom is -0.472 e. The molecule has 0 unspecified atom stereocenters. The molecule has 3 aromatic rings. The van der Waals surface area contributed by atoms with Crippen molar-refractivity contribution in [3.8, 4) is 0 Å². The van der Waals surface area contributed by atoms with E-state index in [4.69, 9.17) is 9.40 Å². The third kappa shape index (κ3) is 7.85. The van der Waals surface area contributed by atoms with Crippen LogP contribution in [0.5, 0.6) is 0 Å². The van der Waals surface area contributed by atoms with E-state index in [1.54, 1.807) is 12.5 Å². The minimum atomic E-state index is 0.127. The van der Waals surface area contributed by atoms with Crippen LogP contribution >= 0.6 is 0 Å². The Labute approximate surface area is 228 Å². The molecule has 0 radical (unpaired) electrons. The quantitative estimate of drug-likeness (QED) is 0.257. The molecule has 7 heteroatoms. The molecule has 38 heavy (non-hydrogen) atoms. The molecule has 1 saturated heterocycles. The summed E-state index contributed by atoms with van der Waals surface area (Å²) in [5.41, 5.74) is 3.78. The van der Waals surface area contributed by atoms with E-state index >= 15 is 0 Å². The highest BCUT2D eigenvalue weighted by Gasteiger charge is 2.20. The fraction of sp³-hybridized carbons (Fsp3) is 0.613. The van der Waals surface area contributed by atoms with Crippen molar-refractivity contribution in [2.45, 2.75) is 79.3 Å². The molecule has 7 nitrogen and oxygen atoms in total. The van der Waals surface area contributed by atoms with Crippen molar-refractivity contribution in [1.82, 2.24) is 19.4 Å². The van der Waals surface area contributed by atoms with Gasteiger partial charge in [0.15, 0.2) is 0 Å². The maximum absolute atomic E-state index is 13.7. The van der Waals surface area contributed by atoms with E-state index in [0.717, 1.165) is 73.6 Å². The molecule has 1 fully saturated rings. The Balaban J connectivity index is 1.56. The van der Waals surface area contributed by atoms with Crippen molar-refractivity contribution in [3.63, 3.8) is 0 Å². The predicted molar refractivity (Wildman–Crippen MR) is 155 cm³/mol. The standard InChI is InChI=1S/C31H47N5O2/c1-24(2)11-18-35(19-12-25(3)4)30(37)27-9-10-28-29(21-27)36(17-8-16-34-14-6-5-7-15-34)31(33-28)32-22-26-13-20-38-23-26/h9-10,13,20-21,23-25H,5-8,11-12,14-19,22H2,1-4H3,(H,32,33). The summed E-state index contributed by atoms with van der Waals surface area (Å²) in [6, 6.07) is 7.99. The summed E-state index contributed by atoms with van der Waals surface area (Å²) < 4.78 is 7.51. The van der Waals surface area contributed by atoms with Crippen molar-refractivity contribution in [2.75, 3.05) is 38.0 Å². The van der Waals surface area contributed by atoms with E-state index in [0.29, 0.717) is 18.4 Å². The number of furan rings is 1. The van der Waals surface area contributed by atoms with Gasteiger partial charge in [-0.05, 0) is 87.8 Å². The fourth-order valence-electron chi connectivity index (χ4n) is 5.15. The van der Waals surface area contributed by atoms with Gasteiger partial charge in [-0.2, -0.15) is 0 Å². The van der Waals surface area contributed by atoms with Gasteiger partial charge in [0.25, 0.3) is 5.91 Å². The summed E-state index contributed by atoms with van der Waals surface area (Å²) in [6.45, 7) is 15.5. The monoisotopic (exact) mass is 521 g/mol. The van der Waals surface area contributed by atoms with Crippen LogP contribution in [0.15, 0.2) is 41.2 Å². The first-order valence-corrected chi connectivity index (χ1v) is 14.7. The molecule has 2 aromatic heterocycles. The average molecular weight is 522 g/mol. The van der Waals surface area contributed by atoms with Gasteiger partial charge in [-0.15, -0.1) is 0 Å². The SMILES string of the molecule is CC(C)CCN(CCC(C)C)C(=O)c1ccc2nc(NCc3ccoc3)n(CCCN3CCCCC3)c2c1. The Kier molecular flexibility index (Phi) is 10.3. The number of anilines is 1. The van der Waals surface area contributed by atoms with Crippen LogP contribution in [-0.4, -0.2) is 58.0 Å². The first kappa shape index (κ1) is 28.2. The Hall–Kier alpha value is -2.80. The first-order valence-electron chi connectivity index (χ1n) is 14.7. The summed E-state index contributed by atoms with van der Waals surface area (Å²) >= 11 is 0. The lowest BCUT2D eigenvalue weighted by molar-refractivity contribution is 0.0741. The van der Waals surface area contributed by atoms with Crippen molar-refractivity contribution >= 4 is 22.9 Å². The topological polar surface area (TPSA) is 66.5 Å². The number of carbonyl (C=O) groups is 1. The normalized spacial score (nSPS) is 14.6. The van der Waals surface area contributed by atoms with Crippen LogP contribution in [0.1, 0.15) is 82.1 Å². The molecule has 3 heterocycles. The number of piperidine rings is 1. The number of benzene rings is 1. The van der Waals surface area contributed by atoms with E-state index in [2.05, 4.69) is 53.4 Å². The van der Waals surface area contributed by atoms with E-state index < -0.39 is 0 Å². The molecule has 0 atom stereocenters. The minimum absolute atomic E-state index is 0.127. The molecule has 1 aromatic carbocycles. The number of aromatic nitrogens is 2. The van der Waals surface area contributed by atoms with Crippen LogP contribution in [-0.2, 0) is 13.1 Å². The average Bonchev–Trinajstić information content (AvgIpc) is 3.55. The number of hydrogen-bond acceptors (Lipinski definition) is 5. The van der Waals surface area contributed by atoms with Gasteiger partial charge in [0.05, 0.1) is 23.6 Å². The highest BCUT2D eigenvalue weighted by atomic mass is 16.3. The van der Waals surface area contributed by atoms with Gasteiger partial charge in [0.2, 0.25) is 5.95 Å². The summed E-state index contributed by atoms with van der Waals surface area (Å²) in [4.78, 5) is 23.3. The predicted octanol–water partition coefficient (Wildman–Crippen LogP) is 6.65. The number of amides is 1. The van der Waals surface area contributed by atoms with Crippen molar-refractivity contribution in [2.24, 2.45) is 11.8 Å². The molecule has 1 aliphatic heterocycles. The number of imidazole rings is 1. The molecule has 4 rings (SSSR count). The van der Waals surface area contributed by atoms with E-state index in [1.807, 2.05) is 18.2 Å².